The molecule has 0 heterocycles. The lowest BCUT2D eigenvalue weighted by atomic mass is 9.85. The molecule has 4 heteroatoms. The van der Waals surface area contributed by atoms with Gasteiger partial charge in [-0.25, -0.2) is 0 Å². The van der Waals surface area contributed by atoms with E-state index in [2.05, 4.69) is 19.2 Å². The van der Waals surface area contributed by atoms with Gasteiger partial charge in [-0.1, -0.05) is 26.7 Å². The Kier molecular flexibility index (Phi) is 7.63. The Morgan fingerprint density at radius 1 is 1.10 bits per heavy atom. The lowest BCUT2D eigenvalue weighted by molar-refractivity contribution is -0.146. The van der Waals surface area contributed by atoms with E-state index in [1.807, 2.05) is 0 Å². The fourth-order valence-corrected chi connectivity index (χ4v) is 3.06. The van der Waals surface area contributed by atoms with Crippen molar-refractivity contribution in [1.82, 2.24) is 5.32 Å². The van der Waals surface area contributed by atoms with Gasteiger partial charge in [0.15, 0.2) is 0 Å². The molecular formula is C16H29NO3. The first-order valence-electron chi connectivity index (χ1n) is 8.00. The molecule has 1 aliphatic rings. The molecule has 1 N–H and O–H groups in total. The second-order valence-corrected chi connectivity index (χ2v) is 5.85. The third-order valence-corrected chi connectivity index (χ3v) is 4.25. The first-order valence-corrected chi connectivity index (χ1v) is 8.00. The molecule has 4 nitrogen and oxygen atoms in total. The first kappa shape index (κ1) is 17.0. The molecule has 1 amide bonds. The van der Waals surface area contributed by atoms with E-state index in [-0.39, 0.29) is 29.8 Å². The predicted octanol–water partition coefficient (Wildman–Crippen LogP) is 3.05. The van der Waals surface area contributed by atoms with Crippen LogP contribution in [0.1, 0.15) is 65.2 Å². The van der Waals surface area contributed by atoms with Gasteiger partial charge in [0, 0.05) is 12.0 Å². The van der Waals surface area contributed by atoms with Crippen molar-refractivity contribution in [2.45, 2.75) is 71.3 Å². The maximum absolute atomic E-state index is 12.3. The third-order valence-electron chi connectivity index (χ3n) is 4.25. The highest BCUT2D eigenvalue weighted by atomic mass is 16.5. The summed E-state index contributed by atoms with van der Waals surface area (Å²) in [6.45, 7) is 4.25. The Labute approximate surface area is 122 Å². The van der Waals surface area contributed by atoms with Crippen LogP contribution in [0.3, 0.4) is 0 Å². The van der Waals surface area contributed by atoms with Crippen LogP contribution in [0.2, 0.25) is 0 Å². The van der Waals surface area contributed by atoms with Gasteiger partial charge in [-0.3, -0.25) is 9.59 Å². The summed E-state index contributed by atoms with van der Waals surface area (Å²) in [6.07, 6.45) is 7.45. The van der Waals surface area contributed by atoms with Crippen molar-refractivity contribution in [3.8, 4) is 0 Å². The summed E-state index contributed by atoms with van der Waals surface area (Å²) in [5.41, 5.74) is 0. The lowest BCUT2D eigenvalue weighted by Gasteiger charge is -2.29. The Bertz CT molecular complexity index is 303. The molecular weight excluding hydrogens is 254 g/mol. The van der Waals surface area contributed by atoms with Gasteiger partial charge in [-0.2, -0.15) is 0 Å². The average Bonchev–Trinajstić information content (AvgIpc) is 2.47. The van der Waals surface area contributed by atoms with Crippen LogP contribution >= 0.6 is 0 Å². The fraction of sp³-hybridized carbons (Fsp3) is 0.875. The first-order chi connectivity index (χ1) is 9.62. The number of esters is 1. The van der Waals surface area contributed by atoms with Crippen molar-refractivity contribution in [3.63, 3.8) is 0 Å². The smallest absolute Gasteiger partial charge is 0.308 e. The van der Waals surface area contributed by atoms with Gasteiger partial charge >= 0.3 is 5.97 Å². The number of ether oxygens (including phenoxy) is 1. The zero-order chi connectivity index (χ0) is 15.0. The van der Waals surface area contributed by atoms with Crippen molar-refractivity contribution >= 4 is 11.9 Å². The SMILES string of the molecule is CCCC(CCC)C(=O)NC1CCC(C(=O)OC)CC1. The summed E-state index contributed by atoms with van der Waals surface area (Å²) in [6, 6.07) is 0.236. The van der Waals surface area contributed by atoms with Crippen LogP contribution in [0.4, 0.5) is 0 Å². The molecule has 0 aliphatic heterocycles. The van der Waals surface area contributed by atoms with Crippen molar-refractivity contribution in [1.29, 1.82) is 0 Å². The zero-order valence-electron chi connectivity index (χ0n) is 13.1. The maximum atomic E-state index is 12.3. The molecule has 0 radical (unpaired) electrons. The highest BCUT2D eigenvalue weighted by Crippen LogP contribution is 2.26. The summed E-state index contributed by atoms with van der Waals surface area (Å²) in [5, 5.41) is 3.18. The minimum Gasteiger partial charge on any atom is -0.469 e. The Balaban J connectivity index is 2.38. The maximum Gasteiger partial charge on any atom is 0.308 e. The highest BCUT2D eigenvalue weighted by molar-refractivity contribution is 5.79. The van der Waals surface area contributed by atoms with Crippen LogP contribution in [0, 0.1) is 11.8 Å². The predicted molar refractivity (Wildman–Crippen MR) is 79.2 cm³/mol. The van der Waals surface area contributed by atoms with E-state index in [4.69, 9.17) is 4.74 Å². The monoisotopic (exact) mass is 283 g/mol. The molecule has 1 rings (SSSR count). The molecule has 0 saturated heterocycles. The van der Waals surface area contributed by atoms with E-state index in [0.717, 1.165) is 51.4 Å². The molecule has 1 saturated carbocycles. The molecule has 0 atom stereocenters. The largest absolute Gasteiger partial charge is 0.469 e. The van der Waals surface area contributed by atoms with Gasteiger partial charge in [0.25, 0.3) is 0 Å². The quantitative estimate of drug-likeness (QED) is 0.731. The summed E-state index contributed by atoms with van der Waals surface area (Å²) in [5.74, 6) is 0.276. The molecule has 20 heavy (non-hydrogen) atoms. The molecule has 0 spiro atoms. The van der Waals surface area contributed by atoms with Crippen LogP contribution in [0.5, 0.6) is 0 Å². The Hall–Kier alpha value is -1.06. The minimum absolute atomic E-state index is 0.0234. The summed E-state index contributed by atoms with van der Waals surface area (Å²) in [7, 11) is 1.44. The van der Waals surface area contributed by atoms with Gasteiger partial charge in [0.05, 0.1) is 13.0 Å². The number of nitrogens with one attached hydrogen (secondary N) is 1. The van der Waals surface area contributed by atoms with Gasteiger partial charge < -0.3 is 10.1 Å². The molecule has 0 unspecified atom stereocenters. The van der Waals surface area contributed by atoms with Crippen molar-refractivity contribution in [2.24, 2.45) is 11.8 Å². The molecule has 0 aromatic rings. The second-order valence-electron chi connectivity index (χ2n) is 5.85. The molecule has 116 valence electrons. The van der Waals surface area contributed by atoms with Crippen LogP contribution < -0.4 is 5.32 Å². The zero-order valence-corrected chi connectivity index (χ0v) is 13.1. The van der Waals surface area contributed by atoms with Crippen molar-refractivity contribution < 1.29 is 14.3 Å². The standard InChI is InChI=1S/C16H29NO3/c1-4-6-12(7-5-2)15(18)17-14-10-8-13(9-11-14)16(19)20-3/h12-14H,4-11H2,1-3H3,(H,17,18). The van der Waals surface area contributed by atoms with Crippen LogP contribution in [0.15, 0.2) is 0 Å². The van der Waals surface area contributed by atoms with E-state index in [1.165, 1.54) is 7.11 Å². The number of hydrogen-bond donors (Lipinski definition) is 1. The van der Waals surface area contributed by atoms with E-state index in [1.54, 1.807) is 0 Å². The molecule has 0 aromatic carbocycles. The topological polar surface area (TPSA) is 55.4 Å². The molecule has 1 fully saturated rings. The Morgan fingerprint density at radius 2 is 1.65 bits per heavy atom. The number of methoxy groups -OCH3 is 1. The van der Waals surface area contributed by atoms with Gasteiger partial charge in [-0.15, -0.1) is 0 Å². The number of rotatable bonds is 7. The molecule has 1 aliphatic carbocycles. The van der Waals surface area contributed by atoms with Crippen molar-refractivity contribution in [2.75, 3.05) is 7.11 Å². The van der Waals surface area contributed by atoms with E-state index < -0.39 is 0 Å². The minimum atomic E-state index is -0.107. The summed E-state index contributed by atoms with van der Waals surface area (Å²) in [4.78, 5) is 23.7. The number of carbonyl (C=O) groups is 2. The van der Waals surface area contributed by atoms with Crippen LogP contribution in [0.25, 0.3) is 0 Å². The highest BCUT2D eigenvalue weighted by Gasteiger charge is 2.28. The molecule has 0 aromatic heterocycles. The second kappa shape index (κ2) is 8.98. The number of carbonyl (C=O) groups excluding carboxylic acids is 2. The third kappa shape index (κ3) is 5.14. The van der Waals surface area contributed by atoms with Gasteiger partial charge in [0.1, 0.15) is 0 Å². The van der Waals surface area contributed by atoms with Crippen LogP contribution in [-0.2, 0) is 14.3 Å². The average molecular weight is 283 g/mol. The van der Waals surface area contributed by atoms with Crippen LogP contribution in [-0.4, -0.2) is 25.0 Å². The van der Waals surface area contributed by atoms with Gasteiger partial charge in [-0.05, 0) is 38.5 Å². The van der Waals surface area contributed by atoms with Gasteiger partial charge in [0.2, 0.25) is 5.91 Å². The number of amides is 1. The van der Waals surface area contributed by atoms with Crippen molar-refractivity contribution in [3.05, 3.63) is 0 Å². The fourth-order valence-electron chi connectivity index (χ4n) is 3.06. The normalized spacial score (nSPS) is 22.6. The van der Waals surface area contributed by atoms with E-state index in [0.29, 0.717) is 0 Å². The van der Waals surface area contributed by atoms with E-state index >= 15 is 0 Å². The summed E-state index contributed by atoms with van der Waals surface area (Å²) < 4.78 is 4.78. The number of hydrogen-bond acceptors (Lipinski definition) is 3. The van der Waals surface area contributed by atoms with E-state index in [9.17, 15) is 9.59 Å². The summed E-state index contributed by atoms with van der Waals surface area (Å²) >= 11 is 0. The Morgan fingerprint density at radius 3 is 2.10 bits per heavy atom. The lowest BCUT2D eigenvalue weighted by Crippen LogP contribution is -2.41. The molecule has 0 bridgehead atoms.